The van der Waals surface area contributed by atoms with Gasteiger partial charge in [0.25, 0.3) is 5.91 Å². The third-order valence-corrected chi connectivity index (χ3v) is 4.81. The van der Waals surface area contributed by atoms with Gasteiger partial charge in [-0.15, -0.1) is 0 Å². The third kappa shape index (κ3) is 6.06. The Morgan fingerprint density at radius 1 is 1.43 bits per heavy atom. The van der Waals surface area contributed by atoms with Gasteiger partial charge in [0.1, 0.15) is 18.2 Å². The van der Waals surface area contributed by atoms with Gasteiger partial charge < -0.3 is 29.4 Å². The van der Waals surface area contributed by atoms with E-state index in [1.54, 1.807) is 6.92 Å². The molecule has 2 heterocycles. The molecule has 1 saturated heterocycles. The Bertz CT molecular complexity index is 725. The van der Waals surface area contributed by atoms with E-state index in [1.165, 1.54) is 19.4 Å². The van der Waals surface area contributed by atoms with Gasteiger partial charge >= 0.3 is 5.97 Å². The third-order valence-electron chi connectivity index (χ3n) is 4.81. The lowest BCUT2D eigenvalue weighted by atomic mass is 10.1. The number of nitrogens with zero attached hydrogens (tertiary/aromatic N) is 1. The lowest BCUT2D eigenvalue weighted by Crippen LogP contribution is -2.45. The fraction of sp³-hybridized carbons (Fsp3) is 0.667. The Morgan fingerprint density at radius 3 is 2.80 bits per heavy atom. The fourth-order valence-electron chi connectivity index (χ4n) is 3.21. The van der Waals surface area contributed by atoms with Crippen molar-refractivity contribution in [2.45, 2.75) is 64.9 Å². The number of nitrogens with one attached hydrogen (secondary N) is 1. The first-order valence-corrected chi connectivity index (χ1v) is 10.2. The number of hydrogen-bond donors (Lipinski definition) is 2. The molecule has 2 N–H and O–H groups in total. The van der Waals surface area contributed by atoms with Crippen LogP contribution in [0.15, 0.2) is 12.3 Å². The predicted molar refractivity (Wildman–Crippen MR) is 108 cm³/mol. The van der Waals surface area contributed by atoms with Crippen LogP contribution < -0.4 is 10.1 Å². The average Bonchev–Trinajstić information content (AvgIpc) is 2.75. The highest BCUT2D eigenvalue weighted by Crippen LogP contribution is 2.27. The van der Waals surface area contributed by atoms with Gasteiger partial charge in [-0.3, -0.25) is 4.79 Å². The van der Waals surface area contributed by atoms with E-state index < -0.39 is 35.9 Å². The summed E-state index contributed by atoms with van der Waals surface area (Å²) in [6.07, 6.45) is 1.06. The van der Waals surface area contributed by atoms with Gasteiger partial charge in [-0.2, -0.15) is 0 Å². The number of ether oxygens (including phenoxy) is 4. The van der Waals surface area contributed by atoms with Crippen molar-refractivity contribution >= 4 is 11.9 Å². The maximum absolute atomic E-state index is 12.7. The van der Waals surface area contributed by atoms with Crippen molar-refractivity contribution < 1.29 is 33.6 Å². The van der Waals surface area contributed by atoms with Crippen molar-refractivity contribution in [2.24, 2.45) is 5.92 Å². The van der Waals surface area contributed by atoms with E-state index in [-0.39, 0.29) is 30.6 Å². The average molecular weight is 424 g/mol. The van der Waals surface area contributed by atoms with E-state index in [1.807, 2.05) is 20.8 Å². The zero-order valence-corrected chi connectivity index (χ0v) is 18.2. The summed E-state index contributed by atoms with van der Waals surface area (Å²) in [4.78, 5) is 29.2. The van der Waals surface area contributed by atoms with Crippen molar-refractivity contribution in [3.8, 4) is 11.5 Å². The van der Waals surface area contributed by atoms with Crippen LogP contribution in [0.3, 0.4) is 0 Å². The Balaban J connectivity index is 2.14. The van der Waals surface area contributed by atoms with Gasteiger partial charge in [-0.1, -0.05) is 20.8 Å². The molecule has 1 aliphatic rings. The van der Waals surface area contributed by atoms with Crippen LogP contribution in [0.4, 0.5) is 0 Å². The summed E-state index contributed by atoms with van der Waals surface area (Å²) in [7, 11) is 1.37. The zero-order valence-electron chi connectivity index (χ0n) is 18.2. The van der Waals surface area contributed by atoms with Crippen molar-refractivity contribution in [1.29, 1.82) is 0 Å². The number of methoxy groups -OCH3 is 1. The van der Waals surface area contributed by atoms with E-state index in [2.05, 4.69) is 10.3 Å². The lowest BCUT2D eigenvalue weighted by molar-refractivity contribution is -0.165. The normalized spacial score (nSPS) is 25.1. The molecule has 0 bridgehead atoms. The Kier molecular flexibility index (Phi) is 8.86. The van der Waals surface area contributed by atoms with Crippen LogP contribution in [-0.4, -0.2) is 66.6 Å². The molecule has 9 nitrogen and oxygen atoms in total. The molecule has 9 heteroatoms. The van der Waals surface area contributed by atoms with Crippen LogP contribution in [0.25, 0.3) is 0 Å². The van der Waals surface area contributed by atoms with Crippen LogP contribution in [-0.2, 0) is 19.0 Å². The quantitative estimate of drug-likeness (QED) is 0.639. The minimum absolute atomic E-state index is 0.111. The summed E-state index contributed by atoms with van der Waals surface area (Å²) in [5.74, 6) is -1.25. The van der Waals surface area contributed by atoms with Crippen LogP contribution in [0.5, 0.6) is 11.5 Å². The molecule has 0 saturated carbocycles. The predicted octanol–water partition coefficient (Wildman–Crippen LogP) is 2.07. The molecular weight excluding hydrogens is 392 g/mol. The van der Waals surface area contributed by atoms with E-state index in [4.69, 9.17) is 18.9 Å². The molecule has 1 amide bonds. The second-order valence-corrected chi connectivity index (χ2v) is 7.68. The van der Waals surface area contributed by atoms with E-state index in [0.29, 0.717) is 18.9 Å². The van der Waals surface area contributed by atoms with Gasteiger partial charge in [0.2, 0.25) is 0 Å². The summed E-state index contributed by atoms with van der Waals surface area (Å²) >= 11 is 0. The second-order valence-electron chi connectivity index (χ2n) is 7.68. The highest BCUT2D eigenvalue weighted by Gasteiger charge is 2.35. The maximum Gasteiger partial charge on any atom is 0.329 e. The van der Waals surface area contributed by atoms with Crippen LogP contribution in [0.2, 0.25) is 0 Å². The largest absolute Gasteiger partial charge is 0.503 e. The molecule has 0 unspecified atom stereocenters. The summed E-state index contributed by atoms with van der Waals surface area (Å²) in [6, 6.07) is 0.478. The maximum atomic E-state index is 12.7. The van der Waals surface area contributed by atoms with Gasteiger partial charge in [0, 0.05) is 31.9 Å². The number of esters is 1. The minimum atomic E-state index is -0.950. The first-order valence-electron chi connectivity index (χ1n) is 10.2. The van der Waals surface area contributed by atoms with Gasteiger partial charge in [-0.25, -0.2) is 9.78 Å². The molecule has 1 fully saturated rings. The minimum Gasteiger partial charge on any atom is -0.503 e. The zero-order chi connectivity index (χ0) is 22.3. The molecule has 30 heavy (non-hydrogen) atoms. The number of amides is 1. The number of rotatable bonds is 7. The van der Waals surface area contributed by atoms with Crippen LogP contribution in [0.1, 0.15) is 51.0 Å². The fourth-order valence-corrected chi connectivity index (χ4v) is 3.21. The monoisotopic (exact) mass is 424 g/mol. The smallest absolute Gasteiger partial charge is 0.329 e. The van der Waals surface area contributed by atoms with Crippen molar-refractivity contribution in [3.05, 3.63) is 18.0 Å². The highest BCUT2D eigenvalue weighted by molar-refractivity contribution is 5.97. The molecule has 168 valence electrons. The second kappa shape index (κ2) is 11.1. The number of aromatic hydroxyl groups is 1. The molecule has 4 atom stereocenters. The molecule has 1 aliphatic heterocycles. The topological polar surface area (TPSA) is 116 Å². The van der Waals surface area contributed by atoms with E-state index >= 15 is 0 Å². The number of carbonyl (C=O) groups is 2. The van der Waals surface area contributed by atoms with E-state index in [9.17, 15) is 14.7 Å². The van der Waals surface area contributed by atoms with Crippen LogP contribution in [0, 0.1) is 5.92 Å². The number of carbonyl (C=O) groups excluding carboxylic acids is 2. The SMILES string of the molecule is CC[C@H]1OCC[C@H](NC(=O)c2nccc(OC)c2O)C(=O)O[C@@H](C)[C@@H]1OCC(C)C. The number of pyridine rings is 1. The Hall–Kier alpha value is -2.39. The number of hydrogen-bond acceptors (Lipinski definition) is 8. The first kappa shape index (κ1) is 23.9. The molecule has 0 spiro atoms. The summed E-state index contributed by atoms with van der Waals surface area (Å²) in [6.45, 7) is 8.59. The van der Waals surface area contributed by atoms with Crippen molar-refractivity contribution in [1.82, 2.24) is 10.3 Å². The summed E-state index contributed by atoms with van der Waals surface area (Å²) in [5.41, 5.74) is -0.236. The molecule has 2 rings (SSSR count). The number of aromatic nitrogens is 1. The van der Waals surface area contributed by atoms with Gasteiger partial charge in [-0.05, 0) is 19.3 Å². The first-order chi connectivity index (χ1) is 14.3. The summed E-state index contributed by atoms with van der Waals surface area (Å²) in [5, 5.41) is 12.7. The van der Waals surface area contributed by atoms with Crippen molar-refractivity contribution in [3.63, 3.8) is 0 Å². The van der Waals surface area contributed by atoms with E-state index in [0.717, 1.165) is 0 Å². The molecule has 0 radical (unpaired) electrons. The van der Waals surface area contributed by atoms with Crippen LogP contribution >= 0.6 is 0 Å². The van der Waals surface area contributed by atoms with Crippen molar-refractivity contribution in [2.75, 3.05) is 20.3 Å². The Morgan fingerprint density at radius 2 is 2.17 bits per heavy atom. The molecule has 0 aliphatic carbocycles. The molecule has 1 aromatic rings. The Labute approximate surface area is 177 Å². The lowest BCUT2D eigenvalue weighted by Gasteiger charge is -2.30. The van der Waals surface area contributed by atoms with Gasteiger partial charge in [0.15, 0.2) is 17.2 Å². The van der Waals surface area contributed by atoms with Gasteiger partial charge in [0.05, 0.1) is 13.2 Å². The number of cyclic esters (lactones) is 1. The molecular formula is C21H32N2O7. The standard InChI is InChI=1S/C21H32N2O7/c1-6-15-19(29-11-12(2)3)13(4)30-21(26)14(8-10-28-15)23-20(25)17-18(24)16(27-5)7-9-22-17/h7,9,12-15,19,24H,6,8,10-11H2,1-5H3,(H,23,25)/t13-,14-,15+,19-/m0/s1. The highest BCUT2D eigenvalue weighted by atomic mass is 16.6. The summed E-state index contributed by atoms with van der Waals surface area (Å²) < 4.78 is 22.5. The molecule has 1 aromatic heterocycles. The molecule has 0 aromatic carbocycles.